The molecule has 1 aromatic carbocycles. The molecule has 2 amide bonds. The Bertz CT molecular complexity index is 937. The van der Waals surface area contributed by atoms with Crippen molar-refractivity contribution in [2.45, 2.75) is 0 Å². The molecule has 0 N–H and O–H groups in total. The van der Waals surface area contributed by atoms with E-state index < -0.39 is 23.7 Å². The predicted octanol–water partition coefficient (Wildman–Crippen LogP) is 4.46. The van der Waals surface area contributed by atoms with Crippen LogP contribution in [0.4, 0.5) is 4.79 Å². The van der Waals surface area contributed by atoms with Crippen LogP contribution in [0, 0.1) is 0 Å². The number of furan rings is 1. The van der Waals surface area contributed by atoms with Gasteiger partial charge < -0.3 is 9.15 Å². The van der Waals surface area contributed by atoms with Gasteiger partial charge in [-0.1, -0.05) is 23.2 Å². The number of thioether (sulfide) groups is 1. The van der Waals surface area contributed by atoms with Crippen molar-refractivity contribution in [3.63, 3.8) is 0 Å². The second-order valence-corrected chi connectivity index (χ2v) is 6.98. The van der Waals surface area contributed by atoms with Gasteiger partial charge in [-0.2, -0.15) is 0 Å². The molecule has 3 rings (SSSR count). The van der Waals surface area contributed by atoms with Gasteiger partial charge in [-0.05, 0) is 42.1 Å². The fraction of sp³-hybridized carbons (Fsp3) is 0.118. The van der Waals surface area contributed by atoms with Gasteiger partial charge in [-0.25, -0.2) is 0 Å². The van der Waals surface area contributed by atoms with Crippen LogP contribution in [-0.2, 0) is 14.3 Å². The maximum Gasteiger partial charge on any atom is 0.325 e. The molecule has 1 saturated heterocycles. The molecule has 0 bridgehead atoms. The minimum absolute atomic E-state index is 0.161. The van der Waals surface area contributed by atoms with Crippen molar-refractivity contribution in [1.82, 2.24) is 4.90 Å². The van der Waals surface area contributed by atoms with E-state index in [0.29, 0.717) is 21.6 Å². The quantitative estimate of drug-likeness (QED) is 0.545. The van der Waals surface area contributed by atoms with E-state index in [2.05, 4.69) is 4.74 Å². The van der Waals surface area contributed by atoms with Crippen molar-refractivity contribution in [3.05, 3.63) is 51.0 Å². The Labute approximate surface area is 162 Å². The fourth-order valence-corrected chi connectivity index (χ4v) is 3.31. The van der Waals surface area contributed by atoms with Gasteiger partial charge in [0.2, 0.25) is 0 Å². The number of carbonyl (C=O) groups excluding carboxylic acids is 3. The van der Waals surface area contributed by atoms with Crippen LogP contribution in [0.15, 0.2) is 39.7 Å². The molecule has 2 aromatic rings. The van der Waals surface area contributed by atoms with E-state index in [1.165, 1.54) is 13.2 Å². The van der Waals surface area contributed by atoms with Crippen LogP contribution in [0.3, 0.4) is 0 Å². The Morgan fingerprint density at radius 2 is 2.00 bits per heavy atom. The van der Waals surface area contributed by atoms with Crippen molar-refractivity contribution in [2.75, 3.05) is 13.7 Å². The second-order valence-electron chi connectivity index (χ2n) is 5.17. The summed E-state index contributed by atoms with van der Waals surface area (Å²) in [4.78, 5) is 36.4. The van der Waals surface area contributed by atoms with E-state index in [1.807, 2.05) is 0 Å². The largest absolute Gasteiger partial charge is 0.468 e. The molecule has 9 heteroatoms. The van der Waals surface area contributed by atoms with Gasteiger partial charge in [0.25, 0.3) is 11.1 Å². The van der Waals surface area contributed by atoms with Crippen LogP contribution in [0.5, 0.6) is 0 Å². The summed E-state index contributed by atoms with van der Waals surface area (Å²) in [6.45, 7) is -0.425. The number of imide groups is 1. The summed E-state index contributed by atoms with van der Waals surface area (Å²) in [7, 11) is 1.19. The number of halogens is 2. The van der Waals surface area contributed by atoms with Gasteiger partial charge in [-0.3, -0.25) is 19.3 Å². The molecule has 26 heavy (non-hydrogen) atoms. The van der Waals surface area contributed by atoms with Crippen LogP contribution in [0.2, 0.25) is 10.0 Å². The number of amides is 2. The molecule has 0 unspecified atom stereocenters. The Morgan fingerprint density at radius 1 is 1.23 bits per heavy atom. The Kier molecular flexibility index (Phi) is 5.41. The molecule has 0 aliphatic carbocycles. The van der Waals surface area contributed by atoms with Crippen LogP contribution in [0.25, 0.3) is 17.4 Å². The van der Waals surface area contributed by atoms with Gasteiger partial charge in [0.1, 0.15) is 18.1 Å². The molecular formula is C17H11Cl2NO5S. The fourth-order valence-electron chi connectivity index (χ4n) is 2.19. The zero-order chi connectivity index (χ0) is 18.8. The topological polar surface area (TPSA) is 76.8 Å². The number of rotatable bonds is 4. The lowest BCUT2D eigenvalue weighted by atomic mass is 10.2. The van der Waals surface area contributed by atoms with E-state index in [9.17, 15) is 14.4 Å². The third-order valence-corrected chi connectivity index (χ3v) is 5.14. The third kappa shape index (κ3) is 3.80. The van der Waals surface area contributed by atoms with Crippen LogP contribution < -0.4 is 0 Å². The lowest BCUT2D eigenvalue weighted by Gasteiger charge is -2.09. The molecule has 0 spiro atoms. The molecule has 6 nitrogen and oxygen atoms in total. The van der Waals surface area contributed by atoms with E-state index in [4.69, 9.17) is 27.6 Å². The molecule has 1 fully saturated rings. The van der Waals surface area contributed by atoms with Crippen LogP contribution in [-0.4, -0.2) is 35.7 Å². The van der Waals surface area contributed by atoms with Gasteiger partial charge >= 0.3 is 5.97 Å². The van der Waals surface area contributed by atoms with Gasteiger partial charge in [0, 0.05) is 11.6 Å². The maximum absolute atomic E-state index is 12.3. The molecule has 1 aliphatic rings. The number of hydrogen-bond acceptors (Lipinski definition) is 6. The average molecular weight is 412 g/mol. The zero-order valence-corrected chi connectivity index (χ0v) is 15.7. The molecule has 0 saturated carbocycles. The van der Waals surface area contributed by atoms with E-state index in [1.54, 1.807) is 30.3 Å². The SMILES string of the molecule is COC(=O)CN1C(=O)SC(=Cc2ccc(-c3ccc(Cl)c(Cl)c3)o2)C1=O. The first kappa shape index (κ1) is 18.6. The Morgan fingerprint density at radius 3 is 2.69 bits per heavy atom. The summed E-state index contributed by atoms with van der Waals surface area (Å²) in [5.41, 5.74) is 0.720. The number of carbonyl (C=O) groups is 3. The number of methoxy groups -OCH3 is 1. The zero-order valence-electron chi connectivity index (χ0n) is 13.3. The highest BCUT2D eigenvalue weighted by Gasteiger charge is 2.36. The first-order chi connectivity index (χ1) is 12.4. The monoisotopic (exact) mass is 411 g/mol. The summed E-state index contributed by atoms with van der Waals surface area (Å²) in [5, 5.41) is 0.287. The summed E-state index contributed by atoms with van der Waals surface area (Å²) in [6.07, 6.45) is 1.45. The molecule has 1 aliphatic heterocycles. The first-order valence-electron chi connectivity index (χ1n) is 7.26. The third-order valence-electron chi connectivity index (χ3n) is 3.49. The summed E-state index contributed by atoms with van der Waals surface area (Å²) in [6, 6.07) is 8.44. The smallest absolute Gasteiger partial charge is 0.325 e. The van der Waals surface area contributed by atoms with Gasteiger partial charge in [0.15, 0.2) is 0 Å². The highest BCUT2D eigenvalue weighted by atomic mass is 35.5. The summed E-state index contributed by atoms with van der Waals surface area (Å²) >= 11 is 12.6. The lowest BCUT2D eigenvalue weighted by molar-refractivity contribution is -0.143. The maximum atomic E-state index is 12.3. The van der Waals surface area contributed by atoms with Crippen molar-refractivity contribution < 1.29 is 23.5 Å². The number of benzene rings is 1. The molecule has 0 atom stereocenters. The predicted molar refractivity (Wildman–Crippen MR) is 98.9 cm³/mol. The molecular weight excluding hydrogens is 401 g/mol. The minimum atomic E-state index is -0.673. The number of hydrogen-bond donors (Lipinski definition) is 0. The number of esters is 1. The van der Waals surface area contributed by atoms with Crippen LogP contribution in [0.1, 0.15) is 5.76 Å². The first-order valence-corrected chi connectivity index (χ1v) is 8.83. The second kappa shape index (κ2) is 7.57. The number of nitrogens with zero attached hydrogens (tertiary/aromatic N) is 1. The summed E-state index contributed by atoms with van der Waals surface area (Å²) < 4.78 is 10.2. The van der Waals surface area contributed by atoms with Crippen molar-refractivity contribution in [2.24, 2.45) is 0 Å². The van der Waals surface area contributed by atoms with Crippen LogP contribution >= 0.6 is 35.0 Å². The standard InChI is InChI=1S/C17H11Cl2NO5S/c1-24-15(21)8-20-16(22)14(26-17(20)23)7-10-3-5-13(25-10)9-2-4-11(18)12(19)6-9/h2-7H,8H2,1H3. The Hall–Kier alpha value is -2.22. The van der Waals surface area contributed by atoms with Crippen molar-refractivity contribution in [1.29, 1.82) is 0 Å². The lowest BCUT2D eigenvalue weighted by Crippen LogP contribution is -2.34. The Balaban J connectivity index is 1.82. The van der Waals surface area contributed by atoms with Gasteiger partial charge in [-0.15, -0.1) is 0 Å². The summed E-state index contributed by atoms with van der Waals surface area (Å²) in [5.74, 6) is -0.329. The number of ether oxygens (including phenoxy) is 1. The highest BCUT2D eigenvalue weighted by Crippen LogP contribution is 2.34. The average Bonchev–Trinajstić information content (AvgIpc) is 3.18. The van der Waals surface area contributed by atoms with E-state index in [0.717, 1.165) is 22.2 Å². The molecule has 1 aromatic heterocycles. The molecule has 134 valence electrons. The van der Waals surface area contributed by atoms with E-state index in [-0.39, 0.29) is 4.91 Å². The highest BCUT2D eigenvalue weighted by molar-refractivity contribution is 8.18. The van der Waals surface area contributed by atoms with E-state index >= 15 is 0 Å². The molecule has 0 radical (unpaired) electrons. The van der Waals surface area contributed by atoms with Crippen molar-refractivity contribution >= 4 is 58.2 Å². The molecule has 2 heterocycles. The minimum Gasteiger partial charge on any atom is -0.468 e. The van der Waals surface area contributed by atoms with Crippen molar-refractivity contribution in [3.8, 4) is 11.3 Å². The normalized spacial score (nSPS) is 15.8. The van der Waals surface area contributed by atoms with Gasteiger partial charge in [0.05, 0.1) is 22.1 Å².